The Morgan fingerprint density at radius 1 is 1.33 bits per heavy atom. The fourth-order valence-electron chi connectivity index (χ4n) is 1.33. The van der Waals surface area contributed by atoms with Gasteiger partial charge in [0, 0.05) is 10.7 Å². The normalized spacial score (nSPS) is 11.1. The van der Waals surface area contributed by atoms with E-state index in [1.54, 1.807) is 6.92 Å². The lowest BCUT2D eigenvalue weighted by Gasteiger charge is -2.08. The molecule has 0 spiro atoms. The molecule has 0 saturated carbocycles. The van der Waals surface area contributed by atoms with Crippen LogP contribution < -0.4 is 0 Å². The SMILES string of the molecule is CCOC(=O)C(=O)c1c(Br)cccc1S(C)(=O)=O. The van der Waals surface area contributed by atoms with E-state index in [4.69, 9.17) is 0 Å². The van der Waals surface area contributed by atoms with E-state index in [1.165, 1.54) is 18.2 Å². The molecule has 1 aromatic carbocycles. The van der Waals surface area contributed by atoms with Crippen LogP contribution in [0.5, 0.6) is 0 Å². The first-order valence-electron chi connectivity index (χ1n) is 4.99. The second-order valence-corrected chi connectivity index (χ2v) is 6.27. The number of benzene rings is 1. The third-order valence-corrected chi connectivity index (χ3v) is 3.86. The van der Waals surface area contributed by atoms with E-state index in [1.807, 2.05) is 0 Å². The van der Waals surface area contributed by atoms with E-state index in [0.717, 1.165) is 6.26 Å². The maximum Gasteiger partial charge on any atom is 0.379 e. The van der Waals surface area contributed by atoms with E-state index in [2.05, 4.69) is 20.7 Å². The van der Waals surface area contributed by atoms with Gasteiger partial charge in [-0.25, -0.2) is 13.2 Å². The van der Waals surface area contributed by atoms with Crippen molar-refractivity contribution < 1.29 is 22.7 Å². The molecule has 7 heteroatoms. The highest BCUT2D eigenvalue weighted by molar-refractivity contribution is 9.10. The van der Waals surface area contributed by atoms with Crippen molar-refractivity contribution in [1.29, 1.82) is 0 Å². The second-order valence-electron chi connectivity index (χ2n) is 3.43. The standard InChI is InChI=1S/C11H11BrO5S/c1-3-17-11(14)10(13)9-7(12)5-4-6-8(9)18(2,15)16/h4-6H,3H2,1-2H3. The Balaban J connectivity index is 3.40. The third kappa shape index (κ3) is 3.17. The highest BCUT2D eigenvalue weighted by Crippen LogP contribution is 2.25. The molecule has 0 aliphatic carbocycles. The van der Waals surface area contributed by atoms with Crippen LogP contribution in [0.25, 0.3) is 0 Å². The van der Waals surface area contributed by atoms with Gasteiger partial charge in [-0.2, -0.15) is 0 Å². The number of esters is 1. The van der Waals surface area contributed by atoms with Crippen LogP contribution in [0.4, 0.5) is 0 Å². The largest absolute Gasteiger partial charge is 0.460 e. The fourth-order valence-corrected chi connectivity index (χ4v) is 2.91. The first-order chi connectivity index (χ1) is 8.29. The van der Waals surface area contributed by atoms with Crippen LogP contribution in [-0.2, 0) is 19.4 Å². The molecule has 98 valence electrons. The Labute approximate surface area is 113 Å². The number of halogens is 1. The Morgan fingerprint density at radius 3 is 2.44 bits per heavy atom. The molecule has 0 N–H and O–H groups in total. The number of carbonyl (C=O) groups excluding carboxylic acids is 2. The minimum absolute atomic E-state index is 0.0449. The zero-order chi connectivity index (χ0) is 13.9. The van der Waals surface area contributed by atoms with E-state index >= 15 is 0 Å². The van der Waals surface area contributed by atoms with Gasteiger partial charge >= 0.3 is 5.97 Å². The summed E-state index contributed by atoms with van der Waals surface area (Å²) in [7, 11) is -3.61. The summed E-state index contributed by atoms with van der Waals surface area (Å²) in [5.41, 5.74) is -0.196. The number of carbonyl (C=O) groups is 2. The summed E-state index contributed by atoms with van der Waals surface area (Å²) in [5, 5.41) is 0. The van der Waals surface area contributed by atoms with Crippen molar-refractivity contribution in [3.63, 3.8) is 0 Å². The van der Waals surface area contributed by atoms with Crippen LogP contribution >= 0.6 is 15.9 Å². The predicted molar refractivity (Wildman–Crippen MR) is 68.2 cm³/mol. The molecule has 0 amide bonds. The van der Waals surface area contributed by atoms with E-state index in [-0.39, 0.29) is 21.5 Å². The summed E-state index contributed by atoms with van der Waals surface area (Å²) < 4.78 is 27.9. The number of hydrogen-bond acceptors (Lipinski definition) is 5. The van der Waals surface area contributed by atoms with Gasteiger partial charge in [0.1, 0.15) is 0 Å². The predicted octanol–water partition coefficient (Wildman–Crippen LogP) is 1.60. The molecule has 0 saturated heterocycles. The van der Waals surface area contributed by atoms with Crippen LogP contribution in [-0.4, -0.2) is 33.0 Å². The molecular weight excluding hydrogens is 324 g/mol. The molecule has 0 atom stereocenters. The number of ketones is 1. The van der Waals surface area contributed by atoms with Crippen molar-refractivity contribution in [3.8, 4) is 0 Å². The van der Waals surface area contributed by atoms with Crippen molar-refractivity contribution in [2.75, 3.05) is 12.9 Å². The van der Waals surface area contributed by atoms with Gasteiger partial charge in [0.05, 0.1) is 17.1 Å². The van der Waals surface area contributed by atoms with E-state index in [9.17, 15) is 18.0 Å². The minimum atomic E-state index is -3.61. The van der Waals surface area contributed by atoms with Gasteiger partial charge in [-0.15, -0.1) is 0 Å². The van der Waals surface area contributed by atoms with Crippen LogP contribution in [0.2, 0.25) is 0 Å². The lowest BCUT2D eigenvalue weighted by molar-refractivity contribution is -0.137. The van der Waals surface area contributed by atoms with Crippen LogP contribution in [0.1, 0.15) is 17.3 Å². The average Bonchev–Trinajstić information content (AvgIpc) is 2.27. The van der Waals surface area contributed by atoms with E-state index in [0.29, 0.717) is 0 Å². The summed E-state index contributed by atoms with van der Waals surface area (Å²) >= 11 is 3.07. The summed E-state index contributed by atoms with van der Waals surface area (Å²) in [4.78, 5) is 23.0. The molecular formula is C11H11BrO5S. The molecule has 18 heavy (non-hydrogen) atoms. The summed E-state index contributed by atoms with van der Waals surface area (Å²) in [6, 6.07) is 4.23. The number of Topliss-reactive ketones (excluding diaryl/α,β-unsaturated/α-hetero) is 1. The Bertz CT molecular complexity index is 591. The lowest BCUT2D eigenvalue weighted by atomic mass is 10.1. The van der Waals surface area contributed by atoms with Crippen molar-refractivity contribution in [2.45, 2.75) is 11.8 Å². The van der Waals surface area contributed by atoms with Gasteiger partial charge in [-0.05, 0) is 35.0 Å². The van der Waals surface area contributed by atoms with Crippen LogP contribution in [0.3, 0.4) is 0 Å². The number of hydrogen-bond donors (Lipinski definition) is 0. The van der Waals surface area contributed by atoms with Gasteiger partial charge in [-0.1, -0.05) is 6.07 Å². The molecule has 0 heterocycles. The van der Waals surface area contributed by atoms with Gasteiger partial charge in [0.2, 0.25) is 0 Å². The van der Waals surface area contributed by atoms with Gasteiger partial charge < -0.3 is 4.74 Å². The summed E-state index contributed by atoms with van der Waals surface area (Å²) in [5.74, 6) is -2.06. The van der Waals surface area contributed by atoms with Crippen molar-refractivity contribution in [2.24, 2.45) is 0 Å². The minimum Gasteiger partial charge on any atom is -0.460 e. The van der Waals surface area contributed by atoms with Gasteiger partial charge in [0.25, 0.3) is 5.78 Å². The van der Waals surface area contributed by atoms with Crippen molar-refractivity contribution in [3.05, 3.63) is 28.2 Å². The molecule has 0 radical (unpaired) electrons. The first-order valence-corrected chi connectivity index (χ1v) is 7.67. The fraction of sp³-hybridized carbons (Fsp3) is 0.273. The maximum atomic E-state index is 11.9. The molecule has 1 rings (SSSR count). The second kappa shape index (κ2) is 5.62. The molecule has 1 aromatic rings. The van der Waals surface area contributed by atoms with Gasteiger partial charge in [-0.3, -0.25) is 4.79 Å². The Morgan fingerprint density at radius 2 is 1.94 bits per heavy atom. The number of ether oxygens (including phenoxy) is 1. The molecule has 0 unspecified atom stereocenters. The molecule has 0 bridgehead atoms. The van der Waals surface area contributed by atoms with Crippen LogP contribution in [0, 0.1) is 0 Å². The smallest absolute Gasteiger partial charge is 0.379 e. The molecule has 5 nitrogen and oxygen atoms in total. The zero-order valence-corrected chi connectivity index (χ0v) is 12.2. The molecule has 0 aliphatic rings. The first kappa shape index (κ1) is 14.8. The van der Waals surface area contributed by atoms with Crippen molar-refractivity contribution in [1.82, 2.24) is 0 Å². The molecule has 0 aromatic heterocycles. The molecule has 0 aliphatic heterocycles. The summed E-state index contributed by atoms with van der Waals surface area (Å²) in [6.07, 6.45) is 0.969. The maximum absolute atomic E-state index is 11.9. The average molecular weight is 335 g/mol. The van der Waals surface area contributed by atoms with Gasteiger partial charge in [0.15, 0.2) is 9.84 Å². The highest BCUT2D eigenvalue weighted by atomic mass is 79.9. The number of sulfone groups is 1. The zero-order valence-electron chi connectivity index (χ0n) is 9.77. The Hall–Kier alpha value is -1.21. The highest BCUT2D eigenvalue weighted by Gasteiger charge is 2.27. The molecule has 0 fully saturated rings. The topological polar surface area (TPSA) is 77.5 Å². The van der Waals surface area contributed by atoms with Crippen LogP contribution in [0.15, 0.2) is 27.6 Å². The van der Waals surface area contributed by atoms with Crippen molar-refractivity contribution >= 4 is 37.5 Å². The third-order valence-electron chi connectivity index (χ3n) is 2.06. The number of rotatable bonds is 4. The summed E-state index contributed by atoms with van der Waals surface area (Å²) in [6.45, 7) is 1.60. The quantitative estimate of drug-likeness (QED) is 0.474. The monoisotopic (exact) mass is 334 g/mol. The Kier molecular flexibility index (Phi) is 4.64. The van der Waals surface area contributed by atoms with E-state index < -0.39 is 21.6 Å². The lowest BCUT2D eigenvalue weighted by Crippen LogP contribution is -2.20.